The Bertz CT molecular complexity index is 189. The van der Waals surface area contributed by atoms with Crippen molar-refractivity contribution in [3.05, 3.63) is 0 Å². The lowest BCUT2D eigenvalue weighted by molar-refractivity contribution is -0.137. The maximum absolute atomic E-state index is 10.3. The van der Waals surface area contributed by atoms with E-state index in [-0.39, 0.29) is 13.8 Å². The Morgan fingerprint density at radius 2 is 1.05 bits per heavy atom. The Morgan fingerprint density at radius 1 is 0.737 bits per heavy atom. The van der Waals surface area contributed by atoms with Crippen LogP contribution in [0, 0.1) is 0 Å². The zero-order valence-corrected chi connectivity index (χ0v) is 13.5. The largest absolute Gasteiger partial charge is 0.481 e. The number of aliphatic carboxylic acids is 1. The topological polar surface area (TPSA) is 37.3 Å². The molecule has 0 amide bonds. The molecule has 0 saturated heterocycles. The third-order valence-corrected chi connectivity index (χ3v) is 3.49. The van der Waals surface area contributed by atoms with Gasteiger partial charge in [-0.05, 0) is 6.42 Å². The Labute approximate surface area is 127 Å². The van der Waals surface area contributed by atoms with Gasteiger partial charge in [0.1, 0.15) is 0 Å². The number of hydrogen-bond acceptors (Lipinski definition) is 1. The number of unbranched alkanes of at least 4 members (excludes halogenated alkanes) is 12. The van der Waals surface area contributed by atoms with E-state index in [0.29, 0.717) is 6.42 Å². The van der Waals surface area contributed by atoms with Crippen LogP contribution in [0.4, 0.5) is 0 Å². The highest BCUT2D eigenvalue weighted by Crippen LogP contribution is 2.12. The molecule has 19 heavy (non-hydrogen) atoms. The third-order valence-electron chi connectivity index (χ3n) is 3.49. The second-order valence-electron chi connectivity index (χ2n) is 5.39. The summed E-state index contributed by atoms with van der Waals surface area (Å²) in [6.07, 6.45) is 17.3. The lowest BCUT2D eigenvalue weighted by atomic mass is 10.0. The molecular formula is C16H35ClO2. The van der Waals surface area contributed by atoms with Gasteiger partial charge in [-0.25, -0.2) is 0 Å². The summed E-state index contributed by atoms with van der Waals surface area (Å²) >= 11 is 0. The number of carbonyl (C=O) groups is 1. The summed E-state index contributed by atoms with van der Waals surface area (Å²) < 4.78 is 0. The van der Waals surface area contributed by atoms with Gasteiger partial charge in [-0.1, -0.05) is 84.0 Å². The van der Waals surface area contributed by atoms with Gasteiger partial charge in [-0.2, -0.15) is 0 Å². The second-order valence-corrected chi connectivity index (χ2v) is 5.39. The molecule has 118 valence electrons. The molecule has 0 unspecified atom stereocenters. The van der Waals surface area contributed by atoms with Crippen molar-refractivity contribution >= 4 is 18.4 Å². The van der Waals surface area contributed by atoms with Gasteiger partial charge in [0.15, 0.2) is 0 Å². The Morgan fingerprint density at radius 3 is 1.37 bits per heavy atom. The number of hydrogen-bond donors (Lipinski definition) is 1. The summed E-state index contributed by atoms with van der Waals surface area (Å²) in [4.78, 5) is 10.3. The maximum Gasteiger partial charge on any atom is 0.303 e. The third kappa shape index (κ3) is 20.2. The van der Waals surface area contributed by atoms with Crippen molar-refractivity contribution in [3.63, 3.8) is 0 Å². The van der Waals surface area contributed by atoms with Crippen molar-refractivity contribution in [1.29, 1.82) is 0 Å². The van der Waals surface area contributed by atoms with E-state index in [0.717, 1.165) is 12.8 Å². The van der Waals surface area contributed by atoms with Crippen molar-refractivity contribution in [1.82, 2.24) is 0 Å². The monoisotopic (exact) mass is 294 g/mol. The van der Waals surface area contributed by atoms with Crippen molar-refractivity contribution < 1.29 is 11.3 Å². The predicted molar refractivity (Wildman–Crippen MR) is 87.3 cm³/mol. The first-order chi connectivity index (χ1) is 8.77. The summed E-state index contributed by atoms with van der Waals surface area (Å²) in [7, 11) is 0. The van der Waals surface area contributed by atoms with Gasteiger partial charge >= 0.3 is 5.97 Å². The fourth-order valence-corrected chi connectivity index (χ4v) is 2.29. The number of carboxylic acid groups (broad SMARTS) is 1. The molecule has 0 aliphatic rings. The van der Waals surface area contributed by atoms with Crippen LogP contribution in [0.5, 0.6) is 0 Å². The van der Waals surface area contributed by atoms with E-state index < -0.39 is 5.97 Å². The van der Waals surface area contributed by atoms with Gasteiger partial charge in [0, 0.05) is 7.85 Å². The fraction of sp³-hybridized carbons (Fsp3) is 0.938. The minimum absolute atomic E-state index is 0. The van der Waals surface area contributed by atoms with Crippen molar-refractivity contribution in [3.8, 4) is 0 Å². The normalized spacial score (nSPS) is 10.2. The summed E-state index contributed by atoms with van der Waals surface area (Å²) in [6, 6.07) is 0. The fourth-order valence-electron chi connectivity index (χ4n) is 2.29. The highest BCUT2D eigenvalue weighted by molar-refractivity contribution is 5.85. The zero-order chi connectivity index (χ0) is 13.5. The van der Waals surface area contributed by atoms with Crippen LogP contribution in [-0.2, 0) is 4.79 Å². The number of carboxylic acids is 1. The van der Waals surface area contributed by atoms with E-state index in [1.54, 1.807) is 0 Å². The number of halogens is 1. The minimum Gasteiger partial charge on any atom is -0.481 e. The molecule has 0 aliphatic carbocycles. The summed E-state index contributed by atoms with van der Waals surface area (Å²) in [5, 5.41) is 8.49. The highest BCUT2D eigenvalue weighted by Gasteiger charge is 1.96. The Balaban J connectivity index is -0.00000144. The first kappa shape index (κ1) is 21.1. The van der Waals surface area contributed by atoms with E-state index in [2.05, 4.69) is 6.92 Å². The molecule has 1 N–H and O–H groups in total. The minimum atomic E-state index is -0.655. The second kappa shape index (κ2) is 17.8. The molecule has 0 spiro atoms. The highest BCUT2D eigenvalue weighted by atomic mass is 35.5. The lowest BCUT2D eigenvalue weighted by Gasteiger charge is -2.02. The van der Waals surface area contributed by atoms with Crippen LogP contribution in [0.1, 0.15) is 98.2 Å². The van der Waals surface area contributed by atoms with Crippen LogP contribution in [0.2, 0.25) is 0 Å². The standard InChI is InChI=1S/C16H32O2.ClH.H2/c1-2-3-4-5-6-7-8-9-10-11-12-13-14-15-16(17)18;;/h2-15H2,1H3,(H,17,18);2*1H. The van der Waals surface area contributed by atoms with Crippen LogP contribution >= 0.6 is 12.4 Å². The first-order valence-electron chi connectivity index (χ1n) is 7.99. The smallest absolute Gasteiger partial charge is 0.303 e. The van der Waals surface area contributed by atoms with Crippen LogP contribution in [0.15, 0.2) is 0 Å². The first-order valence-corrected chi connectivity index (χ1v) is 7.99. The average molecular weight is 295 g/mol. The van der Waals surface area contributed by atoms with Gasteiger partial charge in [-0.15, -0.1) is 12.4 Å². The molecule has 0 radical (unpaired) electrons. The van der Waals surface area contributed by atoms with Crippen LogP contribution in [0.25, 0.3) is 0 Å². The van der Waals surface area contributed by atoms with E-state index in [9.17, 15) is 4.79 Å². The van der Waals surface area contributed by atoms with Crippen molar-refractivity contribution in [2.75, 3.05) is 0 Å². The SMILES string of the molecule is CCCCCCCCCCCCCCCC(=O)O.Cl.[HH]. The number of rotatable bonds is 14. The molecule has 0 aliphatic heterocycles. The summed E-state index contributed by atoms with van der Waals surface area (Å²) in [5.74, 6) is -0.655. The van der Waals surface area contributed by atoms with Crippen molar-refractivity contribution in [2.45, 2.75) is 96.8 Å². The Kier molecular flexibility index (Phi) is 19.7. The van der Waals surface area contributed by atoms with Crippen LogP contribution in [-0.4, -0.2) is 11.1 Å². The van der Waals surface area contributed by atoms with E-state index >= 15 is 0 Å². The van der Waals surface area contributed by atoms with Gasteiger partial charge in [0.2, 0.25) is 0 Å². The summed E-state index contributed by atoms with van der Waals surface area (Å²) in [5.41, 5.74) is 0. The molecule has 0 aromatic heterocycles. The van der Waals surface area contributed by atoms with Gasteiger partial charge < -0.3 is 5.11 Å². The molecule has 0 heterocycles. The molecule has 3 heteroatoms. The molecule has 0 aromatic carbocycles. The average Bonchev–Trinajstić information content (AvgIpc) is 2.34. The maximum atomic E-state index is 10.3. The van der Waals surface area contributed by atoms with Gasteiger partial charge in [-0.3, -0.25) is 4.79 Å². The Hall–Kier alpha value is -0.240. The molecule has 0 bridgehead atoms. The molecule has 0 aromatic rings. The lowest BCUT2D eigenvalue weighted by Crippen LogP contribution is -1.93. The van der Waals surface area contributed by atoms with E-state index in [1.807, 2.05) is 0 Å². The van der Waals surface area contributed by atoms with Gasteiger partial charge in [0.05, 0.1) is 0 Å². The molecule has 2 nitrogen and oxygen atoms in total. The molecule has 0 rings (SSSR count). The molecular weight excluding hydrogens is 260 g/mol. The van der Waals surface area contributed by atoms with Gasteiger partial charge in [0.25, 0.3) is 0 Å². The van der Waals surface area contributed by atoms with Crippen molar-refractivity contribution in [2.24, 2.45) is 0 Å². The van der Waals surface area contributed by atoms with Crippen LogP contribution < -0.4 is 0 Å². The van der Waals surface area contributed by atoms with E-state index in [4.69, 9.17) is 5.11 Å². The molecule has 0 saturated carbocycles. The predicted octanol–water partition coefficient (Wildman–Crippen LogP) is 6.22. The summed E-state index contributed by atoms with van der Waals surface area (Å²) in [6.45, 7) is 2.26. The van der Waals surface area contributed by atoms with Crippen LogP contribution in [0.3, 0.4) is 0 Å². The molecule has 0 fully saturated rings. The molecule has 0 atom stereocenters. The van der Waals surface area contributed by atoms with E-state index in [1.165, 1.54) is 70.6 Å². The quantitative estimate of drug-likeness (QED) is 0.386. The zero-order valence-electron chi connectivity index (χ0n) is 12.7.